The van der Waals surface area contributed by atoms with E-state index >= 15 is 0 Å². The molecule has 0 unspecified atom stereocenters. The zero-order chi connectivity index (χ0) is 20.7. The standard InChI is InChI=1S/C21H31NO6/c1-14-8-15(2)12-22(11-14)19(23)13-28-20(24)7-6-16-9-17(25-3)21(27-5)18(10-16)26-4/h9-10,14-15H,6-8,11-13H2,1-5H3/t14-,15+. The van der Waals surface area contributed by atoms with Crippen molar-refractivity contribution in [2.75, 3.05) is 41.0 Å². The minimum absolute atomic E-state index is 0.125. The molecule has 1 saturated heterocycles. The van der Waals surface area contributed by atoms with Gasteiger partial charge in [0.15, 0.2) is 18.1 Å². The summed E-state index contributed by atoms with van der Waals surface area (Å²) in [6.07, 6.45) is 1.73. The number of amides is 1. The molecule has 1 amide bonds. The van der Waals surface area contributed by atoms with Gasteiger partial charge >= 0.3 is 5.97 Å². The van der Waals surface area contributed by atoms with E-state index in [1.165, 1.54) is 7.11 Å². The number of methoxy groups -OCH3 is 3. The first kappa shape index (κ1) is 21.9. The van der Waals surface area contributed by atoms with E-state index in [2.05, 4.69) is 13.8 Å². The zero-order valence-electron chi connectivity index (χ0n) is 17.4. The highest BCUT2D eigenvalue weighted by Gasteiger charge is 2.26. The highest BCUT2D eigenvalue weighted by atomic mass is 16.5. The third kappa shape index (κ3) is 5.78. The second kappa shape index (κ2) is 10.2. The number of piperidine rings is 1. The second-order valence-corrected chi connectivity index (χ2v) is 7.44. The summed E-state index contributed by atoms with van der Waals surface area (Å²) in [5, 5.41) is 0. The van der Waals surface area contributed by atoms with E-state index in [1.54, 1.807) is 31.3 Å². The van der Waals surface area contributed by atoms with Gasteiger partial charge in [0, 0.05) is 19.5 Å². The van der Waals surface area contributed by atoms with Crippen LogP contribution in [0.3, 0.4) is 0 Å². The molecule has 0 spiro atoms. The van der Waals surface area contributed by atoms with Crippen molar-refractivity contribution < 1.29 is 28.5 Å². The van der Waals surface area contributed by atoms with Crippen molar-refractivity contribution in [2.45, 2.75) is 33.1 Å². The van der Waals surface area contributed by atoms with Crippen LogP contribution in [0.25, 0.3) is 0 Å². The molecule has 1 aliphatic heterocycles. The van der Waals surface area contributed by atoms with Crippen molar-refractivity contribution in [1.82, 2.24) is 4.90 Å². The maximum Gasteiger partial charge on any atom is 0.306 e. The molecule has 1 heterocycles. The van der Waals surface area contributed by atoms with Crippen LogP contribution >= 0.6 is 0 Å². The number of benzene rings is 1. The molecule has 1 aromatic rings. The Morgan fingerprint density at radius 2 is 1.57 bits per heavy atom. The normalized spacial score (nSPS) is 19.1. The van der Waals surface area contributed by atoms with Crippen LogP contribution in [0, 0.1) is 11.8 Å². The van der Waals surface area contributed by atoms with Gasteiger partial charge in [0.1, 0.15) is 0 Å². The third-order valence-corrected chi connectivity index (χ3v) is 4.92. The van der Waals surface area contributed by atoms with E-state index in [1.807, 2.05) is 0 Å². The van der Waals surface area contributed by atoms with Crippen LogP contribution in [0.1, 0.15) is 32.3 Å². The molecule has 0 saturated carbocycles. The molecular formula is C21H31NO6. The fourth-order valence-corrected chi connectivity index (χ4v) is 3.70. The lowest BCUT2D eigenvalue weighted by Crippen LogP contribution is -2.44. The van der Waals surface area contributed by atoms with Gasteiger partial charge in [-0.05, 0) is 42.4 Å². The Kier molecular flexibility index (Phi) is 7.96. The lowest BCUT2D eigenvalue weighted by atomic mass is 9.92. The summed E-state index contributed by atoms with van der Waals surface area (Å²) in [4.78, 5) is 26.2. The first-order chi connectivity index (χ1) is 13.4. The summed E-state index contributed by atoms with van der Waals surface area (Å²) < 4.78 is 21.1. The number of carbonyl (C=O) groups is 2. The maximum absolute atomic E-state index is 12.3. The molecule has 0 aromatic heterocycles. The highest BCUT2D eigenvalue weighted by molar-refractivity contribution is 5.80. The molecule has 0 radical (unpaired) electrons. The molecule has 0 aliphatic carbocycles. The van der Waals surface area contributed by atoms with Crippen molar-refractivity contribution in [1.29, 1.82) is 0 Å². The Morgan fingerprint density at radius 1 is 1.00 bits per heavy atom. The number of esters is 1. The largest absolute Gasteiger partial charge is 0.493 e. The number of likely N-dealkylation sites (tertiary alicyclic amines) is 1. The van der Waals surface area contributed by atoms with Crippen LogP contribution in [0.4, 0.5) is 0 Å². The van der Waals surface area contributed by atoms with Gasteiger partial charge in [0.2, 0.25) is 5.75 Å². The Labute approximate surface area is 166 Å². The van der Waals surface area contributed by atoms with E-state index in [9.17, 15) is 9.59 Å². The van der Waals surface area contributed by atoms with E-state index in [0.29, 0.717) is 35.5 Å². The molecule has 156 valence electrons. The predicted octanol–water partition coefficient (Wildman–Crippen LogP) is 2.69. The van der Waals surface area contributed by atoms with Gasteiger partial charge in [0.05, 0.1) is 21.3 Å². The molecule has 7 nitrogen and oxygen atoms in total. The predicted molar refractivity (Wildman–Crippen MR) is 105 cm³/mol. The molecular weight excluding hydrogens is 362 g/mol. The Balaban J connectivity index is 1.86. The molecule has 2 rings (SSSR count). The van der Waals surface area contributed by atoms with Crippen molar-refractivity contribution in [3.63, 3.8) is 0 Å². The fraction of sp³-hybridized carbons (Fsp3) is 0.619. The highest BCUT2D eigenvalue weighted by Crippen LogP contribution is 2.38. The summed E-state index contributed by atoms with van der Waals surface area (Å²) in [7, 11) is 4.63. The van der Waals surface area contributed by atoms with Gasteiger partial charge < -0.3 is 23.8 Å². The summed E-state index contributed by atoms with van der Waals surface area (Å²) in [5.41, 5.74) is 0.858. The monoisotopic (exact) mass is 393 g/mol. The number of carbonyl (C=O) groups excluding carboxylic acids is 2. The average Bonchev–Trinajstić information content (AvgIpc) is 2.68. The summed E-state index contributed by atoms with van der Waals surface area (Å²) >= 11 is 0. The fourth-order valence-electron chi connectivity index (χ4n) is 3.70. The molecule has 28 heavy (non-hydrogen) atoms. The number of aryl methyl sites for hydroxylation is 1. The maximum atomic E-state index is 12.3. The molecule has 0 N–H and O–H groups in total. The van der Waals surface area contributed by atoms with Crippen molar-refractivity contribution in [3.05, 3.63) is 17.7 Å². The molecule has 1 aliphatic rings. The second-order valence-electron chi connectivity index (χ2n) is 7.44. The first-order valence-corrected chi connectivity index (χ1v) is 9.60. The quantitative estimate of drug-likeness (QED) is 0.632. The smallest absolute Gasteiger partial charge is 0.306 e. The Bertz CT molecular complexity index is 654. The van der Waals surface area contributed by atoms with Crippen LogP contribution in [-0.2, 0) is 20.7 Å². The lowest BCUT2D eigenvalue weighted by Gasteiger charge is -2.34. The van der Waals surface area contributed by atoms with E-state index in [0.717, 1.165) is 25.1 Å². The van der Waals surface area contributed by atoms with E-state index in [4.69, 9.17) is 18.9 Å². The summed E-state index contributed by atoms with van der Waals surface area (Å²) in [6.45, 7) is 5.53. The number of hydrogen-bond acceptors (Lipinski definition) is 6. The van der Waals surface area contributed by atoms with Gasteiger partial charge in [0.25, 0.3) is 5.91 Å². The number of nitrogens with zero attached hydrogens (tertiary/aromatic N) is 1. The van der Waals surface area contributed by atoms with Crippen LogP contribution in [-0.4, -0.2) is 57.8 Å². The SMILES string of the molecule is COc1cc(CCC(=O)OCC(=O)N2C[C@H](C)C[C@H](C)C2)cc(OC)c1OC. The number of hydrogen-bond donors (Lipinski definition) is 0. The molecule has 2 atom stereocenters. The van der Waals surface area contributed by atoms with Crippen LogP contribution in [0.5, 0.6) is 17.2 Å². The van der Waals surface area contributed by atoms with Gasteiger partial charge in [-0.2, -0.15) is 0 Å². The minimum atomic E-state index is -0.403. The van der Waals surface area contributed by atoms with Gasteiger partial charge in [-0.15, -0.1) is 0 Å². The van der Waals surface area contributed by atoms with Crippen molar-refractivity contribution in [3.8, 4) is 17.2 Å². The van der Waals surface area contributed by atoms with Crippen molar-refractivity contribution in [2.24, 2.45) is 11.8 Å². The van der Waals surface area contributed by atoms with Gasteiger partial charge in [-0.3, -0.25) is 9.59 Å². The van der Waals surface area contributed by atoms with Crippen molar-refractivity contribution >= 4 is 11.9 Å². The molecule has 0 bridgehead atoms. The molecule has 1 fully saturated rings. The van der Waals surface area contributed by atoms with Gasteiger partial charge in [-0.1, -0.05) is 13.8 Å². The summed E-state index contributed by atoms with van der Waals surface area (Å²) in [5.74, 6) is 2.00. The molecule has 7 heteroatoms. The molecule has 1 aromatic carbocycles. The van der Waals surface area contributed by atoms with Crippen LogP contribution in [0.2, 0.25) is 0 Å². The van der Waals surface area contributed by atoms with E-state index in [-0.39, 0.29) is 18.9 Å². The van der Waals surface area contributed by atoms with Crippen LogP contribution < -0.4 is 14.2 Å². The Hall–Kier alpha value is -2.44. The van der Waals surface area contributed by atoms with Crippen LogP contribution in [0.15, 0.2) is 12.1 Å². The van der Waals surface area contributed by atoms with E-state index < -0.39 is 5.97 Å². The lowest BCUT2D eigenvalue weighted by molar-refractivity contribution is -0.153. The zero-order valence-corrected chi connectivity index (χ0v) is 17.4. The minimum Gasteiger partial charge on any atom is -0.493 e. The first-order valence-electron chi connectivity index (χ1n) is 9.60. The van der Waals surface area contributed by atoms with Gasteiger partial charge in [-0.25, -0.2) is 0 Å². The number of rotatable bonds is 8. The number of ether oxygens (including phenoxy) is 4. The third-order valence-electron chi connectivity index (χ3n) is 4.92. The summed E-state index contributed by atoms with van der Waals surface area (Å²) in [6, 6.07) is 3.60. The Morgan fingerprint density at radius 3 is 2.07 bits per heavy atom. The topological polar surface area (TPSA) is 74.3 Å². The average molecular weight is 393 g/mol.